The Hall–Kier alpha value is -1.32. The Morgan fingerprint density at radius 1 is 1.11 bits per heavy atom. The van der Waals surface area contributed by atoms with Crippen molar-refractivity contribution in [3.8, 4) is 0 Å². The zero-order chi connectivity index (χ0) is 14.8. The summed E-state index contributed by atoms with van der Waals surface area (Å²) < 4.78 is 9.54. The van der Waals surface area contributed by atoms with E-state index in [0.29, 0.717) is 24.4 Å². The number of hydrogen-bond donors (Lipinski definition) is 0. The maximum Gasteiger partial charge on any atom is 0.330 e. The van der Waals surface area contributed by atoms with Gasteiger partial charge < -0.3 is 9.47 Å². The fraction of sp³-hybridized carbons (Fsp3) is 0.733. The lowest BCUT2D eigenvalue weighted by Crippen LogP contribution is -2.13. The van der Waals surface area contributed by atoms with Crippen LogP contribution in [0.3, 0.4) is 0 Å². The molecule has 0 aliphatic carbocycles. The zero-order valence-corrected chi connectivity index (χ0v) is 12.6. The van der Waals surface area contributed by atoms with Gasteiger partial charge >= 0.3 is 11.9 Å². The number of carbonyl (C=O) groups is 2. The normalized spacial score (nSPS) is 15.8. The first-order valence-electron chi connectivity index (χ1n) is 6.74. The number of ether oxygens (including phenoxy) is 2. The van der Waals surface area contributed by atoms with Crippen LogP contribution in [0.25, 0.3) is 0 Å². The minimum atomic E-state index is -0.317. The molecule has 0 fully saturated rings. The highest BCUT2D eigenvalue weighted by Crippen LogP contribution is 2.20. The molecule has 0 N–H and O–H groups in total. The van der Waals surface area contributed by atoms with Gasteiger partial charge in [-0.05, 0) is 30.6 Å². The predicted octanol–water partition coefficient (Wildman–Crippen LogP) is 2.97. The SMILES string of the molecule is COC(=O)/C=C/[C@@H](C)C[C@H](C)C[C@H](C)COC(C)=O. The van der Waals surface area contributed by atoms with Gasteiger partial charge in [0.25, 0.3) is 0 Å². The van der Waals surface area contributed by atoms with Crippen LogP contribution in [-0.4, -0.2) is 25.7 Å². The molecule has 0 heterocycles. The van der Waals surface area contributed by atoms with Crippen molar-refractivity contribution in [2.24, 2.45) is 17.8 Å². The van der Waals surface area contributed by atoms with E-state index in [4.69, 9.17) is 4.74 Å². The van der Waals surface area contributed by atoms with Crippen molar-refractivity contribution in [3.63, 3.8) is 0 Å². The van der Waals surface area contributed by atoms with Gasteiger partial charge in [-0.15, -0.1) is 0 Å². The van der Waals surface area contributed by atoms with Crippen LogP contribution in [-0.2, 0) is 19.1 Å². The first kappa shape index (κ1) is 17.7. The Balaban J connectivity index is 3.95. The van der Waals surface area contributed by atoms with Crippen LogP contribution < -0.4 is 0 Å². The van der Waals surface area contributed by atoms with Gasteiger partial charge in [0.15, 0.2) is 0 Å². The molecule has 0 spiro atoms. The number of methoxy groups -OCH3 is 1. The number of carbonyl (C=O) groups excluding carboxylic acids is 2. The number of hydrogen-bond acceptors (Lipinski definition) is 4. The smallest absolute Gasteiger partial charge is 0.330 e. The highest BCUT2D eigenvalue weighted by Gasteiger charge is 2.12. The molecule has 0 amide bonds. The largest absolute Gasteiger partial charge is 0.466 e. The van der Waals surface area contributed by atoms with Crippen LogP contribution in [0, 0.1) is 17.8 Å². The maximum absolute atomic E-state index is 11.0. The van der Waals surface area contributed by atoms with E-state index in [1.165, 1.54) is 20.1 Å². The van der Waals surface area contributed by atoms with Gasteiger partial charge in [-0.3, -0.25) is 4.79 Å². The maximum atomic E-state index is 11.0. The minimum absolute atomic E-state index is 0.228. The summed E-state index contributed by atoms with van der Waals surface area (Å²) in [5, 5.41) is 0. The average Bonchev–Trinajstić information content (AvgIpc) is 2.33. The summed E-state index contributed by atoms with van der Waals surface area (Å²) in [6, 6.07) is 0. The van der Waals surface area contributed by atoms with Gasteiger partial charge in [-0.25, -0.2) is 4.79 Å². The van der Waals surface area contributed by atoms with E-state index in [0.717, 1.165) is 12.8 Å². The summed E-state index contributed by atoms with van der Waals surface area (Å²) in [4.78, 5) is 21.7. The number of rotatable bonds is 8. The van der Waals surface area contributed by atoms with Crippen molar-refractivity contribution in [3.05, 3.63) is 12.2 Å². The summed E-state index contributed by atoms with van der Waals surface area (Å²) in [5.74, 6) is 0.658. The van der Waals surface area contributed by atoms with Crippen molar-refractivity contribution < 1.29 is 19.1 Å². The number of allylic oxidation sites excluding steroid dienone is 1. The second kappa shape index (κ2) is 9.59. The van der Waals surface area contributed by atoms with Crippen molar-refractivity contribution >= 4 is 11.9 Å². The molecule has 3 atom stereocenters. The quantitative estimate of drug-likeness (QED) is 0.502. The molecule has 4 nitrogen and oxygen atoms in total. The van der Waals surface area contributed by atoms with Gasteiger partial charge in [0, 0.05) is 13.0 Å². The summed E-state index contributed by atoms with van der Waals surface area (Å²) in [7, 11) is 1.37. The second-order valence-corrected chi connectivity index (χ2v) is 5.34. The predicted molar refractivity (Wildman–Crippen MR) is 74.5 cm³/mol. The first-order valence-corrected chi connectivity index (χ1v) is 6.74. The molecule has 110 valence electrons. The third-order valence-corrected chi connectivity index (χ3v) is 2.91. The Morgan fingerprint density at radius 3 is 2.26 bits per heavy atom. The molecular formula is C15H26O4. The first-order chi connectivity index (χ1) is 8.85. The molecule has 0 radical (unpaired) electrons. The summed E-state index contributed by atoms with van der Waals surface area (Å²) in [6.07, 6.45) is 5.35. The third kappa shape index (κ3) is 10.3. The van der Waals surface area contributed by atoms with Crippen LogP contribution >= 0.6 is 0 Å². The lowest BCUT2D eigenvalue weighted by atomic mass is 9.89. The van der Waals surface area contributed by atoms with Crippen molar-refractivity contribution in [2.75, 3.05) is 13.7 Å². The van der Waals surface area contributed by atoms with E-state index in [1.807, 2.05) is 6.08 Å². The molecule has 0 rings (SSSR count). The minimum Gasteiger partial charge on any atom is -0.466 e. The van der Waals surface area contributed by atoms with Crippen molar-refractivity contribution in [1.29, 1.82) is 0 Å². The lowest BCUT2D eigenvalue weighted by molar-refractivity contribution is -0.142. The van der Waals surface area contributed by atoms with Crippen LogP contribution in [0.5, 0.6) is 0 Å². The fourth-order valence-electron chi connectivity index (χ4n) is 2.13. The molecule has 0 unspecified atom stereocenters. The van der Waals surface area contributed by atoms with E-state index >= 15 is 0 Å². The molecule has 4 heteroatoms. The van der Waals surface area contributed by atoms with Crippen molar-refractivity contribution in [2.45, 2.75) is 40.5 Å². The molecule has 0 aromatic rings. The van der Waals surface area contributed by atoms with Crippen LogP contribution in [0.15, 0.2) is 12.2 Å². The summed E-state index contributed by atoms with van der Waals surface area (Å²) >= 11 is 0. The van der Waals surface area contributed by atoms with Gasteiger partial charge in [0.1, 0.15) is 0 Å². The van der Waals surface area contributed by atoms with E-state index in [2.05, 4.69) is 25.5 Å². The number of esters is 2. The molecule has 19 heavy (non-hydrogen) atoms. The van der Waals surface area contributed by atoms with Gasteiger partial charge in [-0.2, -0.15) is 0 Å². The standard InChI is InChI=1S/C15H26O4/c1-11(6-7-15(17)18-5)8-12(2)9-13(3)10-19-14(4)16/h6-7,11-13H,8-10H2,1-5H3/b7-6+/t11-,12+,13+/m1/s1. The third-order valence-electron chi connectivity index (χ3n) is 2.91. The molecular weight excluding hydrogens is 244 g/mol. The molecule has 0 saturated carbocycles. The Morgan fingerprint density at radius 2 is 1.74 bits per heavy atom. The van der Waals surface area contributed by atoms with E-state index in [9.17, 15) is 9.59 Å². The highest BCUT2D eigenvalue weighted by atomic mass is 16.5. The molecule has 0 aliphatic heterocycles. The van der Waals surface area contributed by atoms with Crippen molar-refractivity contribution in [1.82, 2.24) is 0 Å². The molecule has 0 aromatic carbocycles. The molecule has 0 aliphatic rings. The average molecular weight is 270 g/mol. The summed E-state index contributed by atoms with van der Waals surface area (Å²) in [6.45, 7) is 8.23. The Kier molecular flexibility index (Phi) is 8.92. The van der Waals surface area contributed by atoms with Crippen LogP contribution in [0.2, 0.25) is 0 Å². The molecule has 0 bridgehead atoms. The zero-order valence-electron chi connectivity index (χ0n) is 12.6. The van der Waals surface area contributed by atoms with E-state index in [-0.39, 0.29) is 11.9 Å². The molecule has 0 aromatic heterocycles. The topological polar surface area (TPSA) is 52.6 Å². The Bertz CT molecular complexity index is 309. The van der Waals surface area contributed by atoms with E-state index < -0.39 is 0 Å². The Labute approximate surface area is 116 Å². The van der Waals surface area contributed by atoms with Gasteiger partial charge in [0.2, 0.25) is 0 Å². The second-order valence-electron chi connectivity index (χ2n) is 5.34. The summed E-state index contributed by atoms with van der Waals surface area (Å²) in [5.41, 5.74) is 0. The monoisotopic (exact) mass is 270 g/mol. The molecule has 0 saturated heterocycles. The van der Waals surface area contributed by atoms with Gasteiger partial charge in [-0.1, -0.05) is 26.8 Å². The fourth-order valence-corrected chi connectivity index (χ4v) is 2.13. The van der Waals surface area contributed by atoms with Gasteiger partial charge in [0.05, 0.1) is 13.7 Å². The highest BCUT2D eigenvalue weighted by molar-refractivity contribution is 5.81. The lowest BCUT2D eigenvalue weighted by Gasteiger charge is -2.18. The van der Waals surface area contributed by atoms with Crippen LogP contribution in [0.4, 0.5) is 0 Å². The van der Waals surface area contributed by atoms with Crippen LogP contribution in [0.1, 0.15) is 40.5 Å². The van der Waals surface area contributed by atoms with E-state index in [1.54, 1.807) is 0 Å².